The van der Waals surface area contributed by atoms with Gasteiger partial charge in [0.1, 0.15) is 6.26 Å². The van der Waals surface area contributed by atoms with E-state index in [0.29, 0.717) is 17.0 Å². The van der Waals surface area contributed by atoms with Crippen LogP contribution < -0.4 is 0 Å². The van der Waals surface area contributed by atoms with Crippen LogP contribution in [0.3, 0.4) is 0 Å². The Labute approximate surface area is 106 Å². The second-order valence-corrected chi connectivity index (χ2v) is 4.56. The van der Waals surface area contributed by atoms with Crippen molar-refractivity contribution in [2.75, 3.05) is 0 Å². The molecule has 0 bridgehead atoms. The highest BCUT2D eigenvalue weighted by Crippen LogP contribution is 2.22. The minimum absolute atomic E-state index is 0.389. The summed E-state index contributed by atoms with van der Waals surface area (Å²) < 4.78 is 0. The molecule has 1 aliphatic heterocycles. The Morgan fingerprint density at radius 2 is 1.72 bits per heavy atom. The third kappa shape index (κ3) is 2.27. The van der Waals surface area contributed by atoms with Gasteiger partial charge >= 0.3 is 0 Å². The number of imide groups is 1. The average molecular weight is 245 g/mol. The van der Waals surface area contributed by atoms with Crippen molar-refractivity contribution < 1.29 is 14.4 Å². The van der Waals surface area contributed by atoms with E-state index in [1.165, 1.54) is 6.26 Å². The van der Waals surface area contributed by atoms with Crippen molar-refractivity contribution in [3.05, 3.63) is 47.7 Å². The van der Waals surface area contributed by atoms with E-state index in [1.54, 1.807) is 30.3 Å². The molecule has 2 amide bonds. The lowest BCUT2D eigenvalue weighted by Crippen LogP contribution is -2.27. The van der Waals surface area contributed by atoms with Crippen LogP contribution >= 0.6 is 0 Å². The van der Waals surface area contributed by atoms with Gasteiger partial charge in [-0.15, -0.1) is 0 Å². The van der Waals surface area contributed by atoms with Crippen LogP contribution in [0.15, 0.2) is 36.6 Å². The molecule has 1 aromatic rings. The molecule has 4 heteroatoms. The molecule has 0 unspecified atom stereocenters. The number of carbonyl (C=O) groups excluding carboxylic acids is 2. The lowest BCUT2D eigenvalue weighted by Gasteiger charge is -2.10. The Morgan fingerprint density at radius 1 is 1.17 bits per heavy atom. The van der Waals surface area contributed by atoms with Crippen LogP contribution in [0.1, 0.15) is 41.0 Å². The first kappa shape index (κ1) is 12.4. The second kappa shape index (κ2) is 5.04. The van der Waals surface area contributed by atoms with Gasteiger partial charge in [-0.05, 0) is 30.5 Å². The van der Waals surface area contributed by atoms with E-state index in [9.17, 15) is 9.59 Å². The number of nitrogens with zero attached hydrogens (tertiary/aromatic N) is 1. The maximum Gasteiger partial charge on any atom is 0.295 e. The average Bonchev–Trinajstić information content (AvgIpc) is 2.59. The summed E-state index contributed by atoms with van der Waals surface area (Å²) in [5.41, 5.74) is 0.777. The molecule has 0 saturated carbocycles. The third-order valence-electron chi connectivity index (χ3n) is 2.63. The summed E-state index contributed by atoms with van der Waals surface area (Å²) in [7, 11) is 0. The maximum absolute atomic E-state index is 11.9. The summed E-state index contributed by atoms with van der Waals surface area (Å²) in [6, 6.07) is 6.69. The molecule has 0 saturated heterocycles. The van der Waals surface area contributed by atoms with Gasteiger partial charge in [-0.3, -0.25) is 9.59 Å². The van der Waals surface area contributed by atoms with Gasteiger partial charge < -0.3 is 4.84 Å². The molecule has 4 nitrogen and oxygen atoms in total. The molecule has 1 heterocycles. The molecule has 1 aliphatic rings. The molecule has 0 aromatic heterocycles. The molecular formula is C14H15NO3. The van der Waals surface area contributed by atoms with Crippen LogP contribution in [-0.2, 0) is 4.84 Å². The minimum atomic E-state index is -0.412. The molecule has 0 aliphatic carbocycles. The number of carbonyl (C=O) groups is 2. The zero-order valence-electron chi connectivity index (χ0n) is 10.4. The predicted octanol–water partition coefficient (Wildman–Crippen LogP) is 2.77. The van der Waals surface area contributed by atoms with E-state index in [4.69, 9.17) is 4.84 Å². The van der Waals surface area contributed by atoms with Gasteiger partial charge in [-0.2, -0.15) is 0 Å². The van der Waals surface area contributed by atoms with Gasteiger partial charge in [0, 0.05) is 0 Å². The summed E-state index contributed by atoms with van der Waals surface area (Å²) in [5, 5.41) is 0.793. The van der Waals surface area contributed by atoms with Crippen LogP contribution in [-0.4, -0.2) is 16.9 Å². The number of allylic oxidation sites excluding steroid dienone is 1. The van der Waals surface area contributed by atoms with Crippen molar-refractivity contribution >= 4 is 11.8 Å². The second-order valence-electron chi connectivity index (χ2n) is 4.56. The number of benzene rings is 1. The van der Waals surface area contributed by atoms with Crippen LogP contribution in [0.5, 0.6) is 0 Å². The van der Waals surface area contributed by atoms with E-state index in [1.807, 2.05) is 0 Å². The Hall–Kier alpha value is -2.10. The van der Waals surface area contributed by atoms with Crippen molar-refractivity contribution in [1.29, 1.82) is 0 Å². The van der Waals surface area contributed by atoms with Crippen molar-refractivity contribution in [2.24, 2.45) is 5.92 Å². The normalized spacial score (nSPS) is 14.7. The number of hydroxylamine groups is 2. The summed E-state index contributed by atoms with van der Waals surface area (Å²) in [5.74, 6) is -0.318. The van der Waals surface area contributed by atoms with E-state index in [-0.39, 0.29) is 0 Å². The van der Waals surface area contributed by atoms with Crippen LogP contribution in [0.4, 0.5) is 0 Å². The SMILES string of the molecule is CC(C)C/C=C/ON1C(=O)c2ccccc2C1=O. The molecule has 0 radical (unpaired) electrons. The number of rotatable bonds is 4. The number of hydrogen-bond acceptors (Lipinski definition) is 3. The summed E-state index contributed by atoms with van der Waals surface area (Å²) in [6.07, 6.45) is 4.03. The van der Waals surface area contributed by atoms with Gasteiger partial charge in [0.2, 0.25) is 0 Å². The lowest BCUT2D eigenvalue weighted by atomic mass is 10.1. The number of hydrogen-bond donors (Lipinski definition) is 0. The standard InChI is InChI=1S/C14H15NO3/c1-10(2)6-5-9-18-15-13(16)11-7-3-4-8-12(11)14(15)17/h3-5,7-10H,6H2,1-2H3/b9-5+. The summed E-state index contributed by atoms with van der Waals surface area (Å²) in [6.45, 7) is 4.15. The minimum Gasteiger partial charge on any atom is -0.377 e. The fourth-order valence-electron chi connectivity index (χ4n) is 1.69. The molecule has 1 aromatic carbocycles. The molecule has 18 heavy (non-hydrogen) atoms. The summed E-state index contributed by atoms with van der Waals surface area (Å²) in [4.78, 5) is 28.9. The molecular weight excluding hydrogens is 230 g/mol. The Kier molecular flexibility index (Phi) is 3.46. The predicted molar refractivity (Wildman–Crippen MR) is 66.6 cm³/mol. The first-order valence-electron chi connectivity index (χ1n) is 5.91. The largest absolute Gasteiger partial charge is 0.377 e. The molecule has 94 valence electrons. The highest BCUT2D eigenvalue weighted by Gasteiger charge is 2.36. The van der Waals surface area contributed by atoms with Crippen LogP contribution in [0.2, 0.25) is 0 Å². The topological polar surface area (TPSA) is 46.6 Å². The Balaban J connectivity index is 2.07. The van der Waals surface area contributed by atoms with Gasteiger partial charge in [0.25, 0.3) is 11.8 Å². The van der Waals surface area contributed by atoms with Crippen molar-refractivity contribution in [2.45, 2.75) is 20.3 Å². The van der Waals surface area contributed by atoms with E-state index in [0.717, 1.165) is 11.5 Å². The third-order valence-corrected chi connectivity index (χ3v) is 2.63. The van der Waals surface area contributed by atoms with Gasteiger partial charge in [-0.1, -0.05) is 31.0 Å². The van der Waals surface area contributed by atoms with Crippen molar-refractivity contribution in [3.63, 3.8) is 0 Å². The zero-order valence-corrected chi connectivity index (χ0v) is 10.4. The Bertz CT molecular complexity index is 471. The van der Waals surface area contributed by atoms with Gasteiger partial charge in [-0.25, -0.2) is 0 Å². The number of fused-ring (bicyclic) bond motifs is 1. The first-order valence-corrected chi connectivity index (χ1v) is 5.91. The highest BCUT2D eigenvalue weighted by molar-refractivity contribution is 6.20. The van der Waals surface area contributed by atoms with Gasteiger partial charge in [0.15, 0.2) is 0 Å². The van der Waals surface area contributed by atoms with E-state index >= 15 is 0 Å². The highest BCUT2D eigenvalue weighted by atomic mass is 16.7. The Morgan fingerprint density at radius 3 is 2.22 bits per heavy atom. The van der Waals surface area contributed by atoms with Gasteiger partial charge in [0.05, 0.1) is 11.1 Å². The number of amides is 2. The molecule has 0 spiro atoms. The van der Waals surface area contributed by atoms with Crippen molar-refractivity contribution in [1.82, 2.24) is 5.06 Å². The lowest BCUT2D eigenvalue weighted by molar-refractivity contribution is -0.0430. The van der Waals surface area contributed by atoms with E-state index in [2.05, 4.69) is 13.8 Å². The maximum atomic E-state index is 11.9. The van der Waals surface area contributed by atoms with Crippen LogP contribution in [0.25, 0.3) is 0 Å². The fourth-order valence-corrected chi connectivity index (χ4v) is 1.69. The monoisotopic (exact) mass is 245 g/mol. The smallest absolute Gasteiger partial charge is 0.295 e. The fraction of sp³-hybridized carbons (Fsp3) is 0.286. The van der Waals surface area contributed by atoms with Crippen LogP contribution in [0, 0.1) is 5.92 Å². The molecule has 2 rings (SSSR count). The van der Waals surface area contributed by atoms with Crippen molar-refractivity contribution in [3.8, 4) is 0 Å². The zero-order chi connectivity index (χ0) is 13.1. The molecule has 0 atom stereocenters. The quantitative estimate of drug-likeness (QED) is 0.605. The summed E-state index contributed by atoms with van der Waals surface area (Å²) >= 11 is 0. The molecule has 0 N–H and O–H groups in total. The van der Waals surface area contributed by atoms with E-state index < -0.39 is 11.8 Å². The first-order chi connectivity index (χ1) is 8.61. The molecule has 0 fully saturated rings.